The molecule has 1 saturated heterocycles. The molecule has 1 saturated carbocycles. The Morgan fingerprint density at radius 3 is 2.62 bits per heavy atom. The lowest BCUT2D eigenvalue weighted by atomic mass is 9.98. The zero-order valence-corrected chi connectivity index (χ0v) is 23.1. The van der Waals surface area contributed by atoms with Crippen LogP contribution in [0.3, 0.4) is 0 Å². The Balaban J connectivity index is 1.17. The normalized spacial score (nSPS) is 22.7. The summed E-state index contributed by atoms with van der Waals surface area (Å²) in [5.41, 5.74) is 3.99. The van der Waals surface area contributed by atoms with E-state index in [2.05, 4.69) is 66.3 Å². The fraction of sp³-hybridized carbons (Fsp3) is 0.467. The molecule has 3 amide bonds. The van der Waals surface area contributed by atoms with Crippen molar-refractivity contribution < 1.29 is 14.3 Å². The van der Waals surface area contributed by atoms with E-state index < -0.39 is 6.03 Å². The number of nitrogens with one attached hydrogen (secondary N) is 1. The second-order valence-electron chi connectivity index (χ2n) is 11.7. The van der Waals surface area contributed by atoms with Gasteiger partial charge in [0.25, 0.3) is 0 Å². The van der Waals surface area contributed by atoms with Crippen LogP contribution in [0.2, 0.25) is 0 Å². The lowest BCUT2D eigenvalue weighted by molar-refractivity contribution is -0.120. The molecule has 0 spiro atoms. The fourth-order valence-electron chi connectivity index (χ4n) is 6.10. The second-order valence-corrected chi connectivity index (χ2v) is 11.7. The van der Waals surface area contributed by atoms with Crippen molar-refractivity contribution in [3.05, 3.63) is 59.4 Å². The number of anilines is 1. The maximum absolute atomic E-state index is 12.4. The Bertz CT molecular complexity index is 1410. The Labute approximate surface area is 229 Å². The summed E-state index contributed by atoms with van der Waals surface area (Å²) < 4.78 is 8.07. The summed E-state index contributed by atoms with van der Waals surface area (Å²) in [5.74, 6) is 2.77. The van der Waals surface area contributed by atoms with Gasteiger partial charge in [-0.15, -0.1) is 0 Å². The molecule has 1 aliphatic carbocycles. The van der Waals surface area contributed by atoms with Gasteiger partial charge in [-0.25, -0.2) is 14.8 Å². The number of hydrogen-bond donors (Lipinski definition) is 1. The van der Waals surface area contributed by atoms with Gasteiger partial charge >= 0.3 is 6.03 Å². The van der Waals surface area contributed by atoms with Crippen LogP contribution in [-0.2, 0) is 30.5 Å². The van der Waals surface area contributed by atoms with E-state index in [9.17, 15) is 9.59 Å². The van der Waals surface area contributed by atoms with Crippen LogP contribution in [0.4, 0.5) is 10.6 Å². The summed E-state index contributed by atoms with van der Waals surface area (Å²) in [6, 6.07) is 12.3. The van der Waals surface area contributed by atoms with Crippen LogP contribution in [0, 0.1) is 5.92 Å². The van der Waals surface area contributed by atoms with E-state index in [0.717, 1.165) is 49.0 Å². The number of hydrogen-bond acceptors (Lipinski definition) is 6. The first-order chi connectivity index (χ1) is 18.7. The van der Waals surface area contributed by atoms with Crippen molar-refractivity contribution in [2.45, 2.75) is 71.2 Å². The van der Waals surface area contributed by atoms with E-state index in [4.69, 9.17) is 9.72 Å². The molecule has 2 aliphatic heterocycles. The molecule has 3 aromatic rings. The molecule has 204 valence electrons. The van der Waals surface area contributed by atoms with Crippen molar-refractivity contribution in [3.63, 3.8) is 0 Å². The average molecular weight is 529 g/mol. The van der Waals surface area contributed by atoms with Gasteiger partial charge in [0.15, 0.2) is 5.82 Å². The maximum Gasteiger partial charge on any atom is 0.329 e. The predicted octanol–water partition coefficient (Wildman–Crippen LogP) is 4.75. The summed E-state index contributed by atoms with van der Waals surface area (Å²) in [5, 5.41) is 2.37. The van der Waals surface area contributed by atoms with Crippen LogP contribution in [0.5, 0.6) is 5.75 Å². The van der Waals surface area contributed by atoms with Crippen molar-refractivity contribution >= 4 is 17.8 Å². The Hall–Kier alpha value is -3.72. The number of imide groups is 1. The molecule has 4 heterocycles. The quantitative estimate of drug-likeness (QED) is 0.497. The minimum Gasteiger partial charge on any atom is -0.490 e. The standard InChI is InChI=1S/C30H36N6O3/c1-19-5-9-23(15-19)39-22-10-6-20(7-11-22)17-35-18-21-8-12-24(32-27(21)30(35,2)3)28-31-16-26(34(28)4)36-14-13-25(37)33-29(36)38/h6-8,10-12,16,19,23H,5,9,13-15,17-18H2,1-4H3,(H,33,37,38)/t19-,23-/m1/s1. The highest BCUT2D eigenvalue weighted by Gasteiger charge is 2.39. The molecule has 9 nitrogen and oxygen atoms in total. The first-order valence-electron chi connectivity index (χ1n) is 13.8. The third kappa shape index (κ3) is 4.80. The fourth-order valence-corrected chi connectivity index (χ4v) is 6.10. The molecular formula is C30H36N6O3. The topological polar surface area (TPSA) is 92.6 Å². The molecule has 0 radical (unpaired) electrons. The van der Waals surface area contributed by atoms with Crippen molar-refractivity contribution in [2.75, 3.05) is 11.4 Å². The molecule has 2 fully saturated rings. The molecule has 0 unspecified atom stereocenters. The summed E-state index contributed by atoms with van der Waals surface area (Å²) >= 11 is 0. The highest BCUT2D eigenvalue weighted by atomic mass is 16.5. The van der Waals surface area contributed by atoms with Gasteiger partial charge in [0, 0.05) is 33.1 Å². The Morgan fingerprint density at radius 1 is 1.10 bits per heavy atom. The second kappa shape index (κ2) is 9.79. The zero-order chi connectivity index (χ0) is 27.3. The van der Waals surface area contributed by atoms with Crippen LogP contribution >= 0.6 is 0 Å². The van der Waals surface area contributed by atoms with Gasteiger partial charge < -0.3 is 9.30 Å². The third-order valence-electron chi connectivity index (χ3n) is 8.48. The summed E-state index contributed by atoms with van der Waals surface area (Å²) in [6.45, 7) is 8.69. The number of amides is 3. The van der Waals surface area contributed by atoms with Gasteiger partial charge in [-0.3, -0.25) is 19.9 Å². The molecule has 9 heteroatoms. The molecule has 2 aromatic heterocycles. The first kappa shape index (κ1) is 25.6. The summed E-state index contributed by atoms with van der Waals surface area (Å²) in [6.07, 6.45) is 5.81. The predicted molar refractivity (Wildman–Crippen MR) is 148 cm³/mol. The minimum atomic E-state index is -0.424. The summed E-state index contributed by atoms with van der Waals surface area (Å²) in [4.78, 5) is 37.6. The SMILES string of the molecule is C[C@@H]1CC[C@@H](Oc2ccc(CN3Cc4ccc(-c5ncc(N6CCC(=O)NC6=O)n5C)nc4C3(C)C)cc2)C1. The highest BCUT2D eigenvalue weighted by Crippen LogP contribution is 2.40. The van der Waals surface area contributed by atoms with Crippen LogP contribution in [0.15, 0.2) is 42.6 Å². The maximum atomic E-state index is 12.4. The van der Waals surface area contributed by atoms with E-state index in [1.165, 1.54) is 17.5 Å². The van der Waals surface area contributed by atoms with Crippen molar-refractivity contribution in [3.8, 4) is 17.3 Å². The zero-order valence-electron chi connectivity index (χ0n) is 23.1. The number of urea groups is 1. The molecule has 39 heavy (non-hydrogen) atoms. The number of pyridine rings is 1. The van der Waals surface area contributed by atoms with Gasteiger partial charge in [-0.05, 0) is 68.4 Å². The van der Waals surface area contributed by atoms with E-state index in [1.807, 2.05) is 17.7 Å². The number of ether oxygens (including phenoxy) is 1. The Morgan fingerprint density at radius 2 is 1.90 bits per heavy atom. The van der Waals surface area contributed by atoms with Gasteiger partial charge in [-0.2, -0.15) is 0 Å². The number of aromatic nitrogens is 3. The smallest absolute Gasteiger partial charge is 0.329 e. The number of imidazole rings is 1. The van der Waals surface area contributed by atoms with Crippen LogP contribution < -0.4 is 15.0 Å². The molecular weight excluding hydrogens is 492 g/mol. The molecule has 1 N–H and O–H groups in total. The van der Waals surface area contributed by atoms with E-state index >= 15 is 0 Å². The molecule has 3 aliphatic rings. The van der Waals surface area contributed by atoms with E-state index in [1.54, 1.807) is 11.1 Å². The number of carbonyl (C=O) groups excluding carboxylic acids is 2. The molecule has 2 atom stereocenters. The average Bonchev–Trinajstić information content (AvgIpc) is 3.56. The lowest BCUT2D eigenvalue weighted by Crippen LogP contribution is -2.50. The first-order valence-corrected chi connectivity index (χ1v) is 13.8. The van der Waals surface area contributed by atoms with Crippen LogP contribution in [-0.4, -0.2) is 44.0 Å². The van der Waals surface area contributed by atoms with Gasteiger partial charge in [0.1, 0.15) is 17.3 Å². The molecule has 1 aromatic carbocycles. The molecule has 0 bridgehead atoms. The number of nitrogens with zero attached hydrogens (tertiary/aromatic N) is 5. The van der Waals surface area contributed by atoms with Crippen molar-refractivity contribution in [2.24, 2.45) is 13.0 Å². The molecule has 6 rings (SSSR count). The van der Waals surface area contributed by atoms with Crippen LogP contribution in [0.25, 0.3) is 11.5 Å². The van der Waals surface area contributed by atoms with E-state index in [0.29, 0.717) is 24.3 Å². The summed E-state index contributed by atoms with van der Waals surface area (Å²) in [7, 11) is 1.87. The van der Waals surface area contributed by atoms with Gasteiger partial charge in [0.2, 0.25) is 5.91 Å². The largest absolute Gasteiger partial charge is 0.490 e. The van der Waals surface area contributed by atoms with Crippen molar-refractivity contribution in [1.29, 1.82) is 0 Å². The lowest BCUT2D eigenvalue weighted by Gasteiger charge is -2.31. The number of fused-ring (bicyclic) bond motifs is 1. The minimum absolute atomic E-state index is 0.256. The monoisotopic (exact) mass is 528 g/mol. The number of rotatable bonds is 6. The Kier molecular flexibility index (Phi) is 6.41. The van der Waals surface area contributed by atoms with Crippen molar-refractivity contribution in [1.82, 2.24) is 24.8 Å². The van der Waals surface area contributed by atoms with Gasteiger partial charge in [0.05, 0.1) is 23.5 Å². The van der Waals surface area contributed by atoms with Gasteiger partial charge in [-0.1, -0.05) is 25.1 Å². The number of carbonyl (C=O) groups is 2. The number of benzene rings is 1. The highest BCUT2D eigenvalue weighted by molar-refractivity contribution is 6.05. The third-order valence-corrected chi connectivity index (χ3v) is 8.48. The van der Waals surface area contributed by atoms with Crippen LogP contribution in [0.1, 0.15) is 63.3 Å². The van der Waals surface area contributed by atoms with E-state index in [-0.39, 0.29) is 17.9 Å².